The Hall–Kier alpha value is -1.43. The van der Waals surface area contributed by atoms with E-state index in [4.69, 9.17) is 0 Å². The standard InChI is InChI=1S/C15H19N3O2S/c19-14-12-7-11(9-17(14)8-10-1-2-10)3-5-18(12)15(20)13-16-4-6-21-13/h4,6,10-12H,1-3,5,7-9H2/t11-,12+/m0/s1. The van der Waals surface area contributed by atoms with Crippen LogP contribution >= 0.6 is 11.3 Å². The van der Waals surface area contributed by atoms with E-state index in [0.717, 1.165) is 25.9 Å². The van der Waals surface area contributed by atoms with Crippen molar-refractivity contribution in [2.45, 2.75) is 31.7 Å². The lowest BCUT2D eigenvalue weighted by molar-refractivity contribution is -0.144. The predicted octanol–water partition coefficient (Wildman–Crippen LogP) is 1.62. The van der Waals surface area contributed by atoms with E-state index in [1.54, 1.807) is 11.1 Å². The zero-order chi connectivity index (χ0) is 14.4. The van der Waals surface area contributed by atoms with Crippen LogP contribution in [0.15, 0.2) is 11.6 Å². The van der Waals surface area contributed by atoms with Crippen molar-refractivity contribution in [3.63, 3.8) is 0 Å². The minimum absolute atomic E-state index is 0.0740. The van der Waals surface area contributed by atoms with Crippen molar-refractivity contribution >= 4 is 23.2 Å². The van der Waals surface area contributed by atoms with Gasteiger partial charge in [-0.1, -0.05) is 0 Å². The van der Waals surface area contributed by atoms with E-state index < -0.39 is 0 Å². The second-order valence-corrected chi connectivity index (χ2v) is 7.32. The number of amides is 2. The highest BCUT2D eigenvalue weighted by Crippen LogP contribution is 2.35. The topological polar surface area (TPSA) is 53.5 Å². The number of carbonyl (C=O) groups is 2. The molecule has 5 nitrogen and oxygen atoms in total. The Morgan fingerprint density at radius 2 is 2.24 bits per heavy atom. The van der Waals surface area contributed by atoms with E-state index >= 15 is 0 Å². The lowest BCUT2D eigenvalue weighted by Crippen LogP contribution is -2.60. The second kappa shape index (κ2) is 5.09. The number of carbonyl (C=O) groups excluding carboxylic acids is 2. The summed E-state index contributed by atoms with van der Waals surface area (Å²) in [4.78, 5) is 33.1. The average Bonchev–Trinajstić information content (AvgIpc) is 3.14. The van der Waals surface area contributed by atoms with Gasteiger partial charge in [-0.15, -0.1) is 11.3 Å². The third kappa shape index (κ3) is 2.46. The van der Waals surface area contributed by atoms with Gasteiger partial charge in [0.1, 0.15) is 6.04 Å². The number of fused-ring (bicyclic) bond motifs is 2. The molecule has 3 aliphatic rings. The minimum atomic E-state index is -0.257. The summed E-state index contributed by atoms with van der Waals surface area (Å²) in [6.07, 6.45) is 5.98. The molecule has 2 saturated heterocycles. The number of aromatic nitrogens is 1. The Morgan fingerprint density at radius 3 is 2.95 bits per heavy atom. The van der Waals surface area contributed by atoms with E-state index in [1.165, 1.54) is 24.2 Å². The molecule has 1 saturated carbocycles. The lowest BCUT2D eigenvalue weighted by atomic mass is 9.85. The molecule has 4 rings (SSSR count). The van der Waals surface area contributed by atoms with Crippen molar-refractivity contribution in [2.24, 2.45) is 11.8 Å². The molecule has 3 fully saturated rings. The van der Waals surface area contributed by atoms with Crippen molar-refractivity contribution in [1.82, 2.24) is 14.8 Å². The zero-order valence-corrected chi connectivity index (χ0v) is 12.7. The van der Waals surface area contributed by atoms with Gasteiger partial charge in [-0.25, -0.2) is 4.98 Å². The average molecular weight is 305 g/mol. The number of thiazole rings is 1. The molecule has 2 aliphatic heterocycles. The summed E-state index contributed by atoms with van der Waals surface area (Å²) in [5, 5.41) is 2.31. The second-order valence-electron chi connectivity index (χ2n) is 6.43. The molecule has 0 unspecified atom stereocenters. The van der Waals surface area contributed by atoms with Crippen molar-refractivity contribution in [2.75, 3.05) is 19.6 Å². The van der Waals surface area contributed by atoms with Crippen LogP contribution in [-0.2, 0) is 4.79 Å². The van der Waals surface area contributed by atoms with E-state index in [1.807, 2.05) is 10.3 Å². The van der Waals surface area contributed by atoms with Crippen LogP contribution in [0.5, 0.6) is 0 Å². The number of hydrogen-bond acceptors (Lipinski definition) is 4. The van der Waals surface area contributed by atoms with E-state index in [0.29, 0.717) is 23.4 Å². The fourth-order valence-corrected chi connectivity index (χ4v) is 4.11. The van der Waals surface area contributed by atoms with Gasteiger partial charge in [0.05, 0.1) is 0 Å². The Kier molecular flexibility index (Phi) is 3.21. The molecule has 21 heavy (non-hydrogen) atoms. The van der Waals surface area contributed by atoms with Crippen molar-refractivity contribution in [1.29, 1.82) is 0 Å². The van der Waals surface area contributed by atoms with E-state index in [9.17, 15) is 9.59 Å². The molecular weight excluding hydrogens is 286 g/mol. The number of piperidine rings is 2. The molecular formula is C15H19N3O2S. The summed E-state index contributed by atoms with van der Waals surface area (Å²) in [5.74, 6) is 1.35. The molecule has 3 heterocycles. The predicted molar refractivity (Wildman–Crippen MR) is 79.0 cm³/mol. The van der Waals surface area contributed by atoms with E-state index in [-0.39, 0.29) is 17.9 Å². The van der Waals surface area contributed by atoms with Gasteiger partial charge in [-0.2, -0.15) is 0 Å². The SMILES string of the molecule is O=C1[C@H]2C[C@H](CCN2C(=O)c2nccs2)CN1CC1CC1. The first-order valence-corrected chi connectivity index (χ1v) is 8.59. The molecule has 112 valence electrons. The molecule has 2 bridgehead atoms. The van der Waals surface area contributed by atoms with Crippen LogP contribution < -0.4 is 0 Å². The molecule has 2 amide bonds. The molecule has 0 spiro atoms. The van der Waals surface area contributed by atoms with Crippen LogP contribution in [0.1, 0.15) is 35.5 Å². The lowest BCUT2D eigenvalue weighted by Gasteiger charge is -2.46. The summed E-state index contributed by atoms with van der Waals surface area (Å²) < 4.78 is 0. The fraction of sp³-hybridized carbons (Fsp3) is 0.667. The molecule has 2 atom stereocenters. The summed E-state index contributed by atoms with van der Waals surface area (Å²) >= 11 is 1.35. The smallest absolute Gasteiger partial charge is 0.283 e. The number of hydrogen-bond donors (Lipinski definition) is 0. The van der Waals surface area contributed by atoms with Crippen LogP contribution in [0.2, 0.25) is 0 Å². The normalized spacial score (nSPS) is 28.9. The summed E-state index contributed by atoms with van der Waals surface area (Å²) in [7, 11) is 0. The highest BCUT2D eigenvalue weighted by Gasteiger charge is 2.44. The zero-order valence-electron chi connectivity index (χ0n) is 11.9. The van der Waals surface area contributed by atoms with E-state index in [2.05, 4.69) is 4.98 Å². The highest BCUT2D eigenvalue weighted by molar-refractivity contribution is 7.11. The van der Waals surface area contributed by atoms with Gasteiger partial charge in [0, 0.05) is 31.2 Å². The summed E-state index contributed by atoms with van der Waals surface area (Å²) in [6.45, 7) is 2.48. The highest BCUT2D eigenvalue weighted by atomic mass is 32.1. The summed E-state index contributed by atoms with van der Waals surface area (Å²) in [6, 6.07) is -0.257. The van der Waals surface area contributed by atoms with Crippen molar-refractivity contribution < 1.29 is 9.59 Å². The minimum Gasteiger partial charge on any atom is -0.340 e. The first-order valence-electron chi connectivity index (χ1n) is 7.71. The van der Waals surface area contributed by atoms with Gasteiger partial charge in [0.2, 0.25) is 5.91 Å². The van der Waals surface area contributed by atoms with Crippen LogP contribution in [0.4, 0.5) is 0 Å². The van der Waals surface area contributed by atoms with Crippen LogP contribution in [0.25, 0.3) is 0 Å². The van der Waals surface area contributed by atoms with Crippen LogP contribution in [0, 0.1) is 11.8 Å². The Balaban J connectivity index is 1.53. The molecule has 0 aromatic carbocycles. The number of likely N-dealkylation sites (tertiary alicyclic amines) is 2. The van der Waals surface area contributed by atoms with Gasteiger partial charge < -0.3 is 9.80 Å². The van der Waals surface area contributed by atoms with Gasteiger partial charge in [-0.3, -0.25) is 9.59 Å². The maximum Gasteiger partial charge on any atom is 0.283 e. The Morgan fingerprint density at radius 1 is 1.38 bits per heavy atom. The molecule has 0 N–H and O–H groups in total. The number of nitrogens with zero attached hydrogens (tertiary/aromatic N) is 3. The maximum absolute atomic E-state index is 12.7. The molecule has 1 aliphatic carbocycles. The van der Waals surface area contributed by atoms with Crippen LogP contribution in [0.3, 0.4) is 0 Å². The van der Waals surface area contributed by atoms with Crippen molar-refractivity contribution in [3.05, 3.63) is 16.6 Å². The molecule has 1 aromatic rings. The van der Waals surface area contributed by atoms with Crippen LogP contribution in [-0.4, -0.2) is 52.3 Å². The van der Waals surface area contributed by atoms with Crippen molar-refractivity contribution in [3.8, 4) is 0 Å². The van der Waals surface area contributed by atoms with Gasteiger partial charge in [-0.05, 0) is 37.5 Å². The molecule has 0 radical (unpaired) electrons. The Bertz CT molecular complexity index is 555. The quantitative estimate of drug-likeness (QED) is 0.852. The van der Waals surface area contributed by atoms with Gasteiger partial charge in [0.25, 0.3) is 5.91 Å². The third-order valence-corrected chi connectivity index (χ3v) is 5.60. The molecule has 1 aromatic heterocycles. The Labute approximate surface area is 127 Å². The largest absolute Gasteiger partial charge is 0.340 e. The first kappa shape index (κ1) is 13.2. The van der Waals surface area contributed by atoms with Gasteiger partial charge >= 0.3 is 0 Å². The monoisotopic (exact) mass is 305 g/mol. The van der Waals surface area contributed by atoms with Gasteiger partial charge in [0.15, 0.2) is 5.01 Å². The first-order chi connectivity index (χ1) is 10.2. The summed E-state index contributed by atoms with van der Waals surface area (Å²) in [5.41, 5.74) is 0. The fourth-order valence-electron chi connectivity index (χ4n) is 3.52. The third-order valence-electron chi connectivity index (χ3n) is 4.84. The molecule has 6 heteroatoms. The number of rotatable bonds is 3. The maximum atomic E-state index is 12.7.